The Morgan fingerprint density at radius 3 is 2.77 bits per heavy atom. The van der Waals surface area contributed by atoms with Crippen LogP contribution in [0.2, 0.25) is 0 Å². The van der Waals surface area contributed by atoms with Crippen LogP contribution in [-0.2, 0) is 4.74 Å². The maximum atomic E-state index is 10.5. The maximum absolute atomic E-state index is 10.5. The van der Waals surface area contributed by atoms with Crippen molar-refractivity contribution in [1.82, 2.24) is 24.4 Å². The van der Waals surface area contributed by atoms with Gasteiger partial charge < -0.3 is 31.5 Å². The molecular weight excluding hydrogens is 342 g/mol. The van der Waals surface area contributed by atoms with Crippen LogP contribution in [0.1, 0.15) is 18.5 Å². The van der Waals surface area contributed by atoms with Crippen LogP contribution in [-0.4, -0.2) is 84.4 Å². The Hall–Kier alpha value is -1.89. The number of rotatable bonds is 6. The van der Waals surface area contributed by atoms with Crippen molar-refractivity contribution in [2.24, 2.45) is 5.73 Å². The Labute approximate surface area is 150 Å². The summed E-state index contributed by atoms with van der Waals surface area (Å²) in [5.41, 5.74) is 12.1. The summed E-state index contributed by atoms with van der Waals surface area (Å²) in [5.74, 6) is 0.741. The van der Waals surface area contributed by atoms with E-state index in [0.29, 0.717) is 30.1 Å². The normalized spacial score (nSPS) is 27.5. The molecule has 5 atom stereocenters. The van der Waals surface area contributed by atoms with E-state index in [9.17, 15) is 15.3 Å². The summed E-state index contributed by atoms with van der Waals surface area (Å²) >= 11 is 0. The highest BCUT2D eigenvalue weighted by Gasteiger charge is 2.45. The number of nitrogen functional groups attached to an aromatic ring is 1. The molecule has 144 valence electrons. The summed E-state index contributed by atoms with van der Waals surface area (Å²) in [4.78, 5) is 14.1. The third-order valence-corrected chi connectivity index (χ3v) is 4.71. The molecule has 0 aromatic carbocycles. The van der Waals surface area contributed by atoms with E-state index in [1.165, 1.54) is 6.33 Å². The van der Waals surface area contributed by atoms with Crippen molar-refractivity contribution >= 4 is 17.0 Å². The minimum Gasteiger partial charge on any atom is -0.388 e. The second kappa shape index (κ2) is 7.39. The highest BCUT2D eigenvalue weighted by molar-refractivity contribution is 5.81. The lowest BCUT2D eigenvalue weighted by Gasteiger charge is -2.26. The molecule has 7 N–H and O–H groups in total. The van der Waals surface area contributed by atoms with Crippen molar-refractivity contribution in [2.75, 3.05) is 25.9 Å². The summed E-state index contributed by atoms with van der Waals surface area (Å²) in [6.45, 7) is 2.62. The first kappa shape index (κ1) is 18.9. The Morgan fingerprint density at radius 2 is 2.08 bits per heavy atom. The number of aromatic nitrogens is 4. The molecule has 3 heterocycles. The number of anilines is 1. The smallest absolute Gasteiger partial charge is 0.167 e. The number of hydrogen-bond acceptors (Lipinski definition) is 10. The molecule has 0 amide bonds. The molecule has 3 rings (SSSR count). The predicted octanol–water partition coefficient (Wildman–Crippen LogP) is -2.06. The molecule has 1 saturated heterocycles. The lowest BCUT2D eigenvalue weighted by atomic mass is 10.1. The molecule has 11 heteroatoms. The lowest BCUT2D eigenvalue weighted by Crippen LogP contribution is -2.40. The van der Waals surface area contributed by atoms with E-state index in [2.05, 4.69) is 15.0 Å². The van der Waals surface area contributed by atoms with Gasteiger partial charge in [0.2, 0.25) is 0 Å². The van der Waals surface area contributed by atoms with Gasteiger partial charge in [-0.1, -0.05) is 0 Å². The third kappa shape index (κ3) is 3.24. The molecule has 0 spiro atoms. The van der Waals surface area contributed by atoms with Crippen molar-refractivity contribution in [2.45, 2.75) is 44.1 Å². The van der Waals surface area contributed by atoms with Gasteiger partial charge in [0, 0.05) is 19.5 Å². The molecular formula is C15H25N7O4. The molecule has 1 aliphatic heterocycles. The summed E-state index contributed by atoms with van der Waals surface area (Å²) in [5, 5.41) is 31.1. The van der Waals surface area contributed by atoms with Gasteiger partial charge in [0.05, 0.1) is 6.10 Å². The van der Waals surface area contributed by atoms with Gasteiger partial charge in [0.15, 0.2) is 23.2 Å². The largest absolute Gasteiger partial charge is 0.388 e. The number of hydrogen-bond donors (Lipinski definition) is 5. The second-order valence-corrected chi connectivity index (χ2v) is 6.49. The molecule has 11 nitrogen and oxygen atoms in total. The zero-order valence-corrected chi connectivity index (χ0v) is 14.7. The number of aryl methyl sites for hydroxylation is 1. The first-order chi connectivity index (χ1) is 12.3. The van der Waals surface area contributed by atoms with E-state index in [4.69, 9.17) is 16.2 Å². The number of nitrogens with zero attached hydrogens (tertiary/aromatic N) is 5. The number of likely N-dealkylation sites (N-methyl/N-ethyl adjacent to an activating group) is 1. The van der Waals surface area contributed by atoms with Gasteiger partial charge in [0.25, 0.3) is 0 Å². The zero-order chi connectivity index (χ0) is 19.0. The highest BCUT2D eigenvalue weighted by Crippen LogP contribution is 2.35. The minimum absolute atomic E-state index is 0.119. The average molecular weight is 367 g/mol. The SMILES string of the molecule is Cc1nc2c(N)ncnc2n1[C@@H]1O[C@H](CC(O)N(C)CCN)[C@@H](O)[C@H]1O. The van der Waals surface area contributed by atoms with Crippen molar-refractivity contribution in [3.05, 3.63) is 12.2 Å². The summed E-state index contributed by atoms with van der Waals surface area (Å²) in [7, 11) is 1.72. The molecule has 2 aromatic rings. The van der Waals surface area contributed by atoms with E-state index in [-0.39, 0.29) is 12.2 Å². The quantitative estimate of drug-likeness (QED) is 0.358. The zero-order valence-electron chi connectivity index (χ0n) is 14.7. The average Bonchev–Trinajstić information content (AvgIpc) is 3.07. The molecule has 26 heavy (non-hydrogen) atoms. The number of ether oxygens (including phenoxy) is 1. The van der Waals surface area contributed by atoms with Gasteiger partial charge in [-0.3, -0.25) is 9.47 Å². The van der Waals surface area contributed by atoms with Crippen LogP contribution in [0.4, 0.5) is 5.82 Å². The molecule has 0 bridgehead atoms. The van der Waals surface area contributed by atoms with Gasteiger partial charge >= 0.3 is 0 Å². The second-order valence-electron chi connectivity index (χ2n) is 6.49. The van der Waals surface area contributed by atoms with Crippen molar-refractivity contribution in [1.29, 1.82) is 0 Å². The Morgan fingerprint density at radius 1 is 1.35 bits per heavy atom. The van der Waals surface area contributed by atoms with Gasteiger partial charge in [0.1, 0.15) is 30.6 Å². The van der Waals surface area contributed by atoms with E-state index >= 15 is 0 Å². The first-order valence-electron chi connectivity index (χ1n) is 8.40. The highest BCUT2D eigenvalue weighted by atomic mass is 16.6. The fraction of sp³-hybridized carbons (Fsp3) is 0.667. The summed E-state index contributed by atoms with van der Waals surface area (Å²) in [6.07, 6.45) is -3.48. The van der Waals surface area contributed by atoms with Crippen LogP contribution < -0.4 is 11.5 Å². The standard InChI is InChI=1S/C15H25N7O4/c1-7-20-10-13(17)18-6-19-14(10)22(7)15-12(25)11(24)8(26-15)5-9(23)21(2)4-3-16/h6,8-9,11-12,15,23-25H,3-5,16H2,1-2H3,(H2,17,18,19)/t8-,9?,11-,12-,15-/m1/s1. The van der Waals surface area contributed by atoms with E-state index in [1.54, 1.807) is 23.4 Å². The summed E-state index contributed by atoms with van der Waals surface area (Å²) < 4.78 is 7.44. The molecule has 0 saturated carbocycles. The van der Waals surface area contributed by atoms with Crippen LogP contribution in [0, 0.1) is 6.92 Å². The molecule has 1 fully saturated rings. The van der Waals surface area contributed by atoms with Gasteiger partial charge in [-0.15, -0.1) is 0 Å². The number of nitrogens with two attached hydrogens (primary N) is 2. The predicted molar refractivity (Wildman–Crippen MR) is 92.7 cm³/mol. The topological polar surface area (TPSA) is 169 Å². The Kier molecular flexibility index (Phi) is 5.37. The van der Waals surface area contributed by atoms with E-state index in [1.807, 2.05) is 0 Å². The van der Waals surface area contributed by atoms with Gasteiger partial charge in [-0.2, -0.15) is 0 Å². The maximum Gasteiger partial charge on any atom is 0.167 e. The van der Waals surface area contributed by atoms with Crippen LogP contribution in [0.5, 0.6) is 0 Å². The van der Waals surface area contributed by atoms with Gasteiger partial charge in [-0.05, 0) is 14.0 Å². The van der Waals surface area contributed by atoms with Crippen molar-refractivity contribution in [3.63, 3.8) is 0 Å². The van der Waals surface area contributed by atoms with E-state index < -0.39 is 30.8 Å². The van der Waals surface area contributed by atoms with Crippen LogP contribution >= 0.6 is 0 Å². The van der Waals surface area contributed by atoms with Crippen LogP contribution in [0.25, 0.3) is 11.2 Å². The number of aliphatic hydroxyl groups excluding tert-OH is 3. The molecule has 1 aliphatic rings. The summed E-state index contributed by atoms with van der Waals surface area (Å²) in [6, 6.07) is 0. The Balaban J connectivity index is 1.84. The fourth-order valence-electron chi connectivity index (χ4n) is 3.22. The number of aliphatic hydroxyl groups is 3. The first-order valence-corrected chi connectivity index (χ1v) is 8.40. The number of imidazole rings is 1. The van der Waals surface area contributed by atoms with Crippen molar-refractivity contribution in [3.8, 4) is 0 Å². The minimum atomic E-state index is -1.21. The molecule has 0 aliphatic carbocycles. The fourth-order valence-corrected chi connectivity index (χ4v) is 3.22. The Bertz CT molecular complexity index is 770. The van der Waals surface area contributed by atoms with E-state index in [0.717, 1.165) is 0 Å². The third-order valence-electron chi connectivity index (χ3n) is 4.71. The van der Waals surface area contributed by atoms with Gasteiger partial charge in [-0.25, -0.2) is 15.0 Å². The molecule has 1 unspecified atom stereocenters. The lowest BCUT2D eigenvalue weighted by molar-refractivity contribution is -0.0736. The van der Waals surface area contributed by atoms with Crippen LogP contribution in [0.3, 0.4) is 0 Å². The van der Waals surface area contributed by atoms with Crippen molar-refractivity contribution < 1.29 is 20.1 Å². The number of fused-ring (bicyclic) bond motifs is 1. The van der Waals surface area contributed by atoms with Crippen LogP contribution in [0.15, 0.2) is 6.33 Å². The monoisotopic (exact) mass is 367 g/mol. The molecule has 0 radical (unpaired) electrons. The molecule has 2 aromatic heterocycles.